The minimum absolute atomic E-state index is 0.0189. The molecule has 0 radical (unpaired) electrons. The van der Waals surface area contributed by atoms with E-state index in [2.05, 4.69) is 15.7 Å². The first kappa shape index (κ1) is 27.2. The molecule has 0 saturated carbocycles. The number of nitrogens with one attached hydrogen (secondary N) is 2. The zero-order chi connectivity index (χ0) is 28.9. The average molecular weight is 574 g/mol. The lowest BCUT2D eigenvalue weighted by Crippen LogP contribution is -2.52. The Morgan fingerprint density at radius 3 is 2.62 bits per heavy atom. The van der Waals surface area contributed by atoms with Crippen LogP contribution in [0.15, 0.2) is 42.5 Å². The maximum Gasteiger partial charge on any atom is 0.422 e. The van der Waals surface area contributed by atoms with Crippen LogP contribution >= 0.6 is 0 Å². The normalized spacial score (nSPS) is 18.0. The fraction of sp³-hybridized carbons (Fsp3) is 0.308. The molecule has 0 fully saturated rings. The number of aromatic nitrogens is 2. The number of nitrogens with zero attached hydrogens (tertiary/aromatic N) is 3. The molecular formula is C26H22F3N5O5S. The lowest BCUT2D eigenvalue weighted by atomic mass is 9.89. The van der Waals surface area contributed by atoms with E-state index >= 15 is 0 Å². The van der Waals surface area contributed by atoms with Crippen molar-refractivity contribution in [3.63, 3.8) is 0 Å². The SMILES string of the molecule is CS(=O)(=O)CC(=O)Nc1c(-c2ccc(C#N)cc2)nn2c1C(=O)N[C@@]1(CCc3cc(OCC(F)(F)F)ccc31)C2. The van der Waals surface area contributed by atoms with Crippen molar-refractivity contribution in [3.8, 4) is 23.1 Å². The maximum atomic E-state index is 13.5. The summed E-state index contributed by atoms with van der Waals surface area (Å²) in [6.07, 6.45) is -2.65. The van der Waals surface area contributed by atoms with Gasteiger partial charge >= 0.3 is 6.18 Å². The third-order valence-electron chi connectivity index (χ3n) is 6.70. The summed E-state index contributed by atoms with van der Waals surface area (Å²) in [7, 11) is -3.66. The van der Waals surface area contributed by atoms with Gasteiger partial charge in [-0.3, -0.25) is 14.3 Å². The van der Waals surface area contributed by atoms with E-state index in [0.29, 0.717) is 29.5 Å². The highest BCUT2D eigenvalue weighted by atomic mass is 32.2. The summed E-state index contributed by atoms with van der Waals surface area (Å²) in [6, 6.07) is 12.9. The molecule has 40 heavy (non-hydrogen) atoms. The van der Waals surface area contributed by atoms with E-state index in [1.807, 2.05) is 6.07 Å². The standard InChI is InChI=1S/C26H22F3N5O5S/c1-40(37,38)12-20(35)31-22-21(16-4-2-15(11-30)3-5-16)33-34-13-25(32-24(36)23(22)34)9-8-17-10-18(6-7-19(17)25)39-14-26(27,28)29/h2-7,10H,8-9,12-14H2,1H3,(H,31,35)(H,32,36)/t25-/m0/s1. The van der Waals surface area contributed by atoms with Gasteiger partial charge in [0.25, 0.3) is 5.91 Å². The minimum atomic E-state index is -4.48. The van der Waals surface area contributed by atoms with Crippen LogP contribution in [0.25, 0.3) is 11.3 Å². The van der Waals surface area contributed by atoms with E-state index in [4.69, 9.17) is 10.00 Å². The fourth-order valence-corrected chi connectivity index (χ4v) is 5.64. The Morgan fingerprint density at radius 2 is 1.98 bits per heavy atom. The quantitative estimate of drug-likeness (QED) is 0.462. The number of fused-ring (bicyclic) bond motifs is 3. The van der Waals surface area contributed by atoms with E-state index in [1.165, 1.54) is 16.8 Å². The Morgan fingerprint density at radius 1 is 1.25 bits per heavy atom. The maximum absolute atomic E-state index is 13.5. The summed E-state index contributed by atoms with van der Waals surface area (Å²) in [6.45, 7) is -1.27. The van der Waals surface area contributed by atoms with Crippen LogP contribution in [0.4, 0.5) is 18.9 Å². The summed E-state index contributed by atoms with van der Waals surface area (Å²) in [4.78, 5) is 26.1. The van der Waals surface area contributed by atoms with Crippen LogP contribution in [-0.4, -0.2) is 54.8 Å². The number of ether oxygens (including phenoxy) is 1. The van der Waals surface area contributed by atoms with Crippen LogP contribution in [0.1, 0.15) is 33.6 Å². The van der Waals surface area contributed by atoms with Crippen LogP contribution in [0.2, 0.25) is 0 Å². The number of hydrogen-bond donors (Lipinski definition) is 2. The van der Waals surface area contributed by atoms with Crippen molar-refractivity contribution in [2.24, 2.45) is 0 Å². The largest absolute Gasteiger partial charge is 0.484 e. The van der Waals surface area contributed by atoms with Crippen LogP contribution in [0.5, 0.6) is 5.75 Å². The van der Waals surface area contributed by atoms with Gasteiger partial charge < -0.3 is 15.4 Å². The molecule has 0 unspecified atom stereocenters. The lowest BCUT2D eigenvalue weighted by molar-refractivity contribution is -0.153. The number of alkyl halides is 3. The molecule has 1 aliphatic carbocycles. The Bertz CT molecular complexity index is 1680. The second-order valence-corrected chi connectivity index (χ2v) is 11.9. The Balaban J connectivity index is 1.53. The highest BCUT2D eigenvalue weighted by molar-refractivity contribution is 7.91. The highest BCUT2D eigenvalue weighted by Gasteiger charge is 2.46. The van der Waals surface area contributed by atoms with E-state index in [1.54, 1.807) is 30.3 Å². The summed E-state index contributed by atoms with van der Waals surface area (Å²) in [5.41, 5.74) is 1.65. The van der Waals surface area contributed by atoms with Crippen molar-refractivity contribution in [1.29, 1.82) is 5.26 Å². The molecule has 2 N–H and O–H groups in total. The summed E-state index contributed by atoms with van der Waals surface area (Å²) in [5, 5.41) is 19.3. The molecule has 2 heterocycles. The third-order valence-corrected chi connectivity index (χ3v) is 7.49. The number of carbonyl (C=O) groups excluding carboxylic acids is 2. The van der Waals surface area contributed by atoms with Gasteiger partial charge in [-0.15, -0.1) is 0 Å². The van der Waals surface area contributed by atoms with Crippen LogP contribution in [0, 0.1) is 11.3 Å². The van der Waals surface area contributed by atoms with Crippen molar-refractivity contribution >= 4 is 27.3 Å². The van der Waals surface area contributed by atoms with E-state index in [0.717, 1.165) is 11.8 Å². The van der Waals surface area contributed by atoms with Crippen molar-refractivity contribution in [2.75, 3.05) is 23.9 Å². The van der Waals surface area contributed by atoms with Gasteiger partial charge in [-0.25, -0.2) is 8.42 Å². The summed E-state index contributed by atoms with van der Waals surface area (Å²) >= 11 is 0. The lowest BCUT2D eigenvalue weighted by Gasteiger charge is -2.36. The van der Waals surface area contributed by atoms with Crippen LogP contribution in [0.3, 0.4) is 0 Å². The number of benzene rings is 2. The van der Waals surface area contributed by atoms with Crippen molar-refractivity contribution < 1.29 is 35.9 Å². The first-order chi connectivity index (χ1) is 18.8. The number of carbonyl (C=O) groups is 2. The van der Waals surface area contributed by atoms with Gasteiger partial charge in [0.1, 0.15) is 22.9 Å². The van der Waals surface area contributed by atoms with Crippen molar-refractivity contribution in [3.05, 3.63) is 64.8 Å². The van der Waals surface area contributed by atoms with Gasteiger partial charge in [0.15, 0.2) is 22.1 Å². The summed E-state index contributed by atoms with van der Waals surface area (Å²) in [5.74, 6) is -2.16. The zero-order valence-corrected chi connectivity index (χ0v) is 21.8. The van der Waals surface area contributed by atoms with E-state index in [9.17, 15) is 31.2 Å². The van der Waals surface area contributed by atoms with Gasteiger partial charge in [-0.2, -0.15) is 23.5 Å². The molecule has 1 spiro atoms. The van der Waals surface area contributed by atoms with Crippen molar-refractivity contribution in [2.45, 2.75) is 31.1 Å². The predicted molar refractivity (Wildman–Crippen MR) is 136 cm³/mol. The predicted octanol–water partition coefficient (Wildman–Crippen LogP) is 2.93. The van der Waals surface area contributed by atoms with Gasteiger partial charge in [0.05, 0.1) is 23.7 Å². The molecule has 2 aliphatic rings. The monoisotopic (exact) mass is 573 g/mol. The number of anilines is 1. The number of hydrogen-bond acceptors (Lipinski definition) is 7. The third kappa shape index (κ3) is 5.37. The number of amides is 2. The molecule has 2 aromatic carbocycles. The summed E-state index contributed by atoms with van der Waals surface area (Å²) < 4.78 is 67.5. The molecule has 14 heteroatoms. The first-order valence-electron chi connectivity index (χ1n) is 12.0. The minimum Gasteiger partial charge on any atom is -0.484 e. The van der Waals surface area contributed by atoms with Crippen LogP contribution < -0.4 is 15.4 Å². The van der Waals surface area contributed by atoms with Crippen molar-refractivity contribution in [1.82, 2.24) is 15.1 Å². The number of nitriles is 1. The first-order valence-corrected chi connectivity index (χ1v) is 14.1. The Hall–Kier alpha value is -4.38. The molecule has 0 bridgehead atoms. The molecule has 1 atom stereocenters. The molecule has 1 aromatic heterocycles. The molecule has 2 amide bonds. The fourth-order valence-electron chi connectivity index (χ4n) is 5.09. The molecule has 10 nitrogen and oxygen atoms in total. The highest BCUT2D eigenvalue weighted by Crippen LogP contribution is 2.44. The molecular weight excluding hydrogens is 551 g/mol. The van der Waals surface area contributed by atoms with E-state index < -0.39 is 45.7 Å². The van der Waals surface area contributed by atoms with Gasteiger partial charge in [0, 0.05) is 11.8 Å². The second kappa shape index (κ2) is 9.67. The topological polar surface area (TPSA) is 143 Å². The number of aryl methyl sites for hydroxylation is 1. The average Bonchev–Trinajstić information content (AvgIpc) is 3.39. The molecule has 3 aromatic rings. The van der Waals surface area contributed by atoms with E-state index in [-0.39, 0.29) is 29.4 Å². The molecule has 5 rings (SSSR count). The number of rotatable bonds is 6. The van der Waals surface area contributed by atoms with Gasteiger partial charge in [0.2, 0.25) is 5.91 Å². The Kier molecular flexibility index (Phi) is 6.57. The second-order valence-electron chi connectivity index (χ2n) is 9.80. The number of sulfone groups is 1. The molecule has 0 saturated heterocycles. The molecule has 208 valence electrons. The number of halogens is 3. The zero-order valence-electron chi connectivity index (χ0n) is 21.0. The molecule has 1 aliphatic heterocycles. The van der Waals surface area contributed by atoms with Gasteiger partial charge in [-0.05, 0) is 48.2 Å². The smallest absolute Gasteiger partial charge is 0.422 e. The Labute approximate surface area is 226 Å². The van der Waals surface area contributed by atoms with Gasteiger partial charge in [-0.1, -0.05) is 18.2 Å². The van der Waals surface area contributed by atoms with Crippen LogP contribution in [-0.2, 0) is 33.1 Å².